The van der Waals surface area contributed by atoms with Crippen LogP contribution >= 0.6 is 12.2 Å². The molecular weight excluding hydrogens is 222 g/mol. The molecule has 0 aromatic carbocycles. The van der Waals surface area contributed by atoms with Gasteiger partial charge in [-0.05, 0) is 25.3 Å². The number of amides is 1. The van der Waals surface area contributed by atoms with Crippen molar-refractivity contribution in [3.8, 4) is 0 Å². The Hall–Kier alpha value is -0.680. The molecular formula is C11H21N3OS. The van der Waals surface area contributed by atoms with Gasteiger partial charge in [-0.15, -0.1) is 0 Å². The minimum absolute atomic E-state index is 0.0665. The van der Waals surface area contributed by atoms with Crippen LogP contribution < -0.4 is 11.1 Å². The maximum absolute atomic E-state index is 11.6. The van der Waals surface area contributed by atoms with Crippen LogP contribution in [0.1, 0.15) is 26.7 Å². The Morgan fingerprint density at radius 2 is 2.31 bits per heavy atom. The lowest BCUT2D eigenvalue weighted by Crippen LogP contribution is -2.45. The van der Waals surface area contributed by atoms with Crippen molar-refractivity contribution < 1.29 is 4.79 Å². The molecule has 16 heavy (non-hydrogen) atoms. The van der Waals surface area contributed by atoms with Crippen LogP contribution in [-0.4, -0.2) is 41.5 Å². The van der Waals surface area contributed by atoms with Gasteiger partial charge < -0.3 is 11.1 Å². The van der Waals surface area contributed by atoms with Crippen LogP contribution in [-0.2, 0) is 4.79 Å². The van der Waals surface area contributed by atoms with Crippen LogP contribution in [0.3, 0.4) is 0 Å². The molecule has 0 saturated carbocycles. The summed E-state index contributed by atoms with van der Waals surface area (Å²) in [5.74, 6) is 0.547. The van der Waals surface area contributed by atoms with E-state index in [0.717, 1.165) is 25.9 Å². The molecule has 1 heterocycles. The maximum Gasteiger partial charge on any atom is 0.234 e. The van der Waals surface area contributed by atoms with Gasteiger partial charge in [-0.2, -0.15) is 0 Å². The van der Waals surface area contributed by atoms with E-state index in [9.17, 15) is 4.79 Å². The number of hydrogen-bond donors (Lipinski definition) is 2. The van der Waals surface area contributed by atoms with Crippen molar-refractivity contribution in [1.82, 2.24) is 10.2 Å². The van der Waals surface area contributed by atoms with Crippen LogP contribution in [0.2, 0.25) is 0 Å². The third-order valence-corrected chi connectivity index (χ3v) is 3.02. The molecule has 1 atom stereocenters. The molecule has 0 radical (unpaired) electrons. The minimum atomic E-state index is 0.0665. The molecule has 0 aromatic rings. The van der Waals surface area contributed by atoms with E-state index in [0.29, 0.717) is 17.5 Å². The molecule has 1 saturated heterocycles. The van der Waals surface area contributed by atoms with E-state index in [1.54, 1.807) is 0 Å². The summed E-state index contributed by atoms with van der Waals surface area (Å²) < 4.78 is 0. The summed E-state index contributed by atoms with van der Waals surface area (Å²) in [7, 11) is 0. The average Bonchev–Trinajstić information content (AvgIpc) is 2.62. The number of nitrogens with two attached hydrogens (primary N) is 1. The van der Waals surface area contributed by atoms with Crippen molar-refractivity contribution in [2.45, 2.75) is 32.7 Å². The van der Waals surface area contributed by atoms with Gasteiger partial charge in [0.25, 0.3) is 0 Å². The zero-order valence-corrected chi connectivity index (χ0v) is 10.8. The van der Waals surface area contributed by atoms with Crippen molar-refractivity contribution >= 4 is 23.1 Å². The number of nitrogens with zero attached hydrogens (tertiary/aromatic N) is 1. The molecule has 0 aromatic heterocycles. The van der Waals surface area contributed by atoms with Gasteiger partial charge in [0.2, 0.25) is 5.91 Å². The highest BCUT2D eigenvalue weighted by atomic mass is 32.1. The SMILES string of the molecule is CC(C)CNC(=O)CN1CCCC1C(N)=S. The highest BCUT2D eigenvalue weighted by Crippen LogP contribution is 2.16. The van der Waals surface area contributed by atoms with Crippen LogP contribution in [0.4, 0.5) is 0 Å². The molecule has 0 aliphatic carbocycles. The van der Waals surface area contributed by atoms with Gasteiger partial charge in [0.15, 0.2) is 0 Å². The standard InChI is InChI=1S/C11H21N3OS/c1-8(2)6-13-10(15)7-14-5-3-4-9(14)11(12)16/h8-9H,3-7H2,1-2H3,(H2,12,16)(H,13,15). The molecule has 3 N–H and O–H groups in total. The lowest BCUT2D eigenvalue weighted by molar-refractivity contribution is -0.122. The normalized spacial score (nSPS) is 21.3. The van der Waals surface area contributed by atoms with E-state index in [4.69, 9.17) is 18.0 Å². The van der Waals surface area contributed by atoms with Crippen molar-refractivity contribution in [3.63, 3.8) is 0 Å². The van der Waals surface area contributed by atoms with Crippen LogP contribution in [0.15, 0.2) is 0 Å². The Kier molecular flexibility index (Phi) is 5.15. The molecule has 0 spiro atoms. The lowest BCUT2D eigenvalue weighted by atomic mass is 10.2. The molecule has 0 bridgehead atoms. The first-order valence-electron chi connectivity index (χ1n) is 5.80. The van der Waals surface area contributed by atoms with Crippen LogP contribution in [0.5, 0.6) is 0 Å². The Morgan fingerprint density at radius 1 is 1.62 bits per heavy atom. The number of rotatable bonds is 5. The zero-order chi connectivity index (χ0) is 12.1. The number of carbonyl (C=O) groups excluding carboxylic acids is 1. The van der Waals surface area contributed by atoms with Crippen molar-refractivity contribution in [2.24, 2.45) is 11.7 Å². The van der Waals surface area contributed by atoms with Gasteiger partial charge >= 0.3 is 0 Å². The number of carbonyl (C=O) groups is 1. The van der Waals surface area contributed by atoms with Crippen LogP contribution in [0.25, 0.3) is 0 Å². The number of hydrogen-bond acceptors (Lipinski definition) is 3. The fraction of sp³-hybridized carbons (Fsp3) is 0.818. The molecule has 1 aliphatic heterocycles. The number of nitrogens with one attached hydrogen (secondary N) is 1. The van der Waals surface area contributed by atoms with E-state index >= 15 is 0 Å². The summed E-state index contributed by atoms with van der Waals surface area (Å²) in [5.41, 5.74) is 5.64. The van der Waals surface area contributed by atoms with E-state index < -0.39 is 0 Å². The third-order valence-electron chi connectivity index (χ3n) is 2.75. The van der Waals surface area contributed by atoms with Crippen molar-refractivity contribution in [3.05, 3.63) is 0 Å². The largest absolute Gasteiger partial charge is 0.392 e. The van der Waals surface area contributed by atoms with Gasteiger partial charge in [-0.1, -0.05) is 26.1 Å². The Bertz CT molecular complexity index is 268. The predicted octanol–water partition coefficient (Wildman–Crippen LogP) is 0.509. The second kappa shape index (κ2) is 6.15. The Labute approximate surface area is 103 Å². The second-order valence-corrected chi connectivity index (χ2v) is 5.20. The van der Waals surface area contributed by atoms with Gasteiger partial charge in [0.05, 0.1) is 17.6 Å². The molecule has 1 amide bonds. The Balaban J connectivity index is 2.35. The first-order valence-corrected chi connectivity index (χ1v) is 6.21. The smallest absolute Gasteiger partial charge is 0.234 e. The summed E-state index contributed by atoms with van der Waals surface area (Å²) in [6.45, 7) is 6.21. The molecule has 5 heteroatoms. The van der Waals surface area contributed by atoms with Crippen molar-refractivity contribution in [2.75, 3.05) is 19.6 Å². The van der Waals surface area contributed by atoms with E-state index in [1.165, 1.54) is 0 Å². The van der Waals surface area contributed by atoms with Gasteiger partial charge in [-0.25, -0.2) is 0 Å². The predicted molar refractivity (Wildman–Crippen MR) is 69.2 cm³/mol. The molecule has 1 rings (SSSR count). The van der Waals surface area contributed by atoms with Gasteiger partial charge in [0, 0.05) is 6.54 Å². The van der Waals surface area contributed by atoms with Gasteiger partial charge in [0.1, 0.15) is 0 Å². The Morgan fingerprint density at radius 3 is 2.88 bits per heavy atom. The van der Waals surface area contributed by atoms with Gasteiger partial charge in [-0.3, -0.25) is 9.69 Å². The van der Waals surface area contributed by atoms with Crippen LogP contribution in [0, 0.1) is 5.92 Å². The molecule has 1 unspecified atom stereocenters. The summed E-state index contributed by atoms with van der Waals surface area (Å²) in [5, 5.41) is 2.90. The highest BCUT2D eigenvalue weighted by Gasteiger charge is 2.27. The highest BCUT2D eigenvalue weighted by molar-refractivity contribution is 7.80. The number of thiocarbonyl (C=S) groups is 1. The van der Waals surface area contributed by atoms with E-state index in [2.05, 4.69) is 24.1 Å². The van der Waals surface area contributed by atoms with Crippen molar-refractivity contribution in [1.29, 1.82) is 0 Å². The maximum atomic E-state index is 11.6. The second-order valence-electron chi connectivity index (χ2n) is 4.73. The molecule has 4 nitrogen and oxygen atoms in total. The third kappa shape index (κ3) is 4.06. The number of likely N-dealkylation sites (tertiary alicyclic amines) is 1. The average molecular weight is 243 g/mol. The lowest BCUT2D eigenvalue weighted by Gasteiger charge is -2.22. The molecule has 1 fully saturated rings. The quantitative estimate of drug-likeness (QED) is 0.691. The van der Waals surface area contributed by atoms with E-state index in [-0.39, 0.29) is 11.9 Å². The fourth-order valence-electron chi connectivity index (χ4n) is 1.90. The summed E-state index contributed by atoms with van der Waals surface area (Å²) in [4.78, 5) is 14.2. The topological polar surface area (TPSA) is 58.4 Å². The fourth-order valence-corrected chi connectivity index (χ4v) is 2.16. The monoisotopic (exact) mass is 243 g/mol. The molecule has 1 aliphatic rings. The van der Waals surface area contributed by atoms with E-state index in [1.807, 2.05) is 0 Å². The summed E-state index contributed by atoms with van der Waals surface area (Å²) in [6, 6.07) is 0.111. The summed E-state index contributed by atoms with van der Waals surface area (Å²) in [6.07, 6.45) is 2.05. The first-order chi connectivity index (χ1) is 7.50. The first kappa shape index (κ1) is 13.4. The molecule has 92 valence electrons. The minimum Gasteiger partial charge on any atom is -0.392 e. The summed E-state index contributed by atoms with van der Waals surface area (Å²) >= 11 is 5.00. The zero-order valence-electron chi connectivity index (χ0n) is 10.0.